The highest BCUT2D eigenvalue weighted by Crippen LogP contribution is 2.20. The van der Waals surface area contributed by atoms with E-state index in [2.05, 4.69) is 0 Å². The second kappa shape index (κ2) is 6.70. The molecule has 0 spiro atoms. The molecule has 0 aromatic carbocycles. The Morgan fingerprint density at radius 3 is 2.94 bits per heavy atom. The van der Waals surface area contributed by atoms with E-state index in [1.165, 1.54) is 0 Å². The Morgan fingerprint density at radius 2 is 2.31 bits per heavy atom. The summed E-state index contributed by atoms with van der Waals surface area (Å²) in [7, 11) is 0. The minimum absolute atomic E-state index is 0.0295. The quantitative estimate of drug-likeness (QED) is 0.740. The maximum atomic E-state index is 11.6. The lowest BCUT2D eigenvalue weighted by molar-refractivity contribution is 0.0807. The number of carbonyl (C=O) groups is 1. The topological polar surface area (TPSA) is 75.8 Å². The van der Waals surface area contributed by atoms with Crippen molar-refractivity contribution in [2.45, 2.75) is 32.2 Å². The number of hydrogen-bond donors (Lipinski definition) is 2. The van der Waals surface area contributed by atoms with Gasteiger partial charge < -0.3 is 20.5 Å². The van der Waals surface area contributed by atoms with Gasteiger partial charge in [0.25, 0.3) is 0 Å². The Morgan fingerprint density at radius 1 is 1.56 bits per heavy atom. The number of likely N-dealkylation sites (tertiary alicyclic amines) is 1. The van der Waals surface area contributed by atoms with Crippen molar-refractivity contribution in [2.24, 2.45) is 11.7 Å². The average Bonchev–Trinajstić information content (AvgIpc) is 2.26. The minimum Gasteiger partial charge on any atom is -0.450 e. The van der Waals surface area contributed by atoms with E-state index in [4.69, 9.17) is 15.6 Å². The zero-order valence-electron chi connectivity index (χ0n) is 9.89. The fraction of sp³-hybridized carbons (Fsp3) is 0.909. The van der Waals surface area contributed by atoms with Crippen molar-refractivity contribution in [1.82, 2.24) is 4.90 Å². The first-order chi connectivity index (χ1) is 7.67. The Bertz CT molecular complexity index is 223. The van der Waals surface area contributed by atoms with Crippen LogP contribution in [0.15, 0.2) is 0 Å². The summed E-state index contributed by atoms with van der Waals surface area (Å²) in [4.78, 5) is 13.2. The fourth-order valence-electron chi connectivity index (χ4n) is 2.20. The molecule has 1 aliphatic heterocycles. The van der Waals surface area contributed by atoms with Gasteiger partial charge in [0, 0.05) is 25.7 Å². The van der Waals surface area contributed by atoms with Crippen LogP contribution in [0.1, 0.15) is 26.2 Å². The SMILES string of the molecule is CCOC(=O)N1CC(N)CC(CCCO)C1. The van der Waals surface area contributed by atoms with Gasteiger partial charge in [-0.3, -0.25) is 0 Å². The summed E-state index contributed by atoms with van der Waals surface area (Å²) >= 11 is 0. The van der Waals surface area contributed by atoms with Gasteiger partial charge in [-0.15, -0.1) is 0 Å². The number of aliphatic hydroxyl groups is 1. The van der Waals surface area contributed by atoms with E-state index in [-0.39, 0.29) is 18.7 Å². The zero-order valence-corrected chi connectivity index (χ0v) is 9.89. The van der Waals surface area contributed by atoms with Crippen LogP contribution >= 0.6 is 0 Å². The highest BCUT2D eigenvalue weighted by atomic mass is 16.6. The first-order valence-electron chi connectivity index (χ1n) is 5.95. The number of nitrogens with zero attached hydrogens (tertiary/aromatic N) is 1. The molecule has 5 nitrogen and oxygen atoms in total. The Labute approximate surface area is 96.6 Å². The van der Waals surface area contributed by atoms with Crippen molar-refractivity contribution in [1.29, 1.82) is 0 Å². The van der Waals surface area contributed by atoms with E-state index in [9.17, 15) is 4.79 Å². The number of ether oxygens (including phenoxy) is 1. The smallest absolute Gasteiger partial charge is 0.409 e. The van der Waals surface area contributed by atoms with E-state index < -0.39 is 0 Å². The molecule has 0 aromatic rings. The molecule has 0 aliphatic carbocycles. The van der Waals surface area contributed by atoms with Gasteiger partial charge >= 0.3 is 6.09 Å². The first kappa shape index (κ1) is 13.3. The molecule has 1 aliphatic rings. The van der Waals surface area contributed by atoms with E-state index in [1.807, 2.05) is 0 Å². The number of piperidine rings is 1. The molecule has 1 fully saturated rings. The molecule has 3 N–H and O–H groups in total. The predicted molar refractivity (Wildman–Crippen MR) is 61.0 cm³/mol. The van der Waals surface area contributed by atoms with Crippen LogP contribution in [0.4, 0.5) is 4.79 Å². The van der Waals surface area contributed by atoms with Gasteiger partial charge in [0.1, 0.15) is 0 Å². The summed E-state index contributed by atoms with van der Waals surface area (Å²) in [5.41, 5.74) is 5.91. The summed E-state index contributed by atoms with van der Waals surface area (Å²) in [5, 5.41) is 8.79. The third-order valence-electron chi connectivity index (χ3n) is 2.87. The normalized spacial score (nSPS) is 25.6. The summed E-state index contributed by atoms with van der Waals surface area (Å²) < 4.78 is 4.96. The Hall–Kier alpha value is -0.810. The molecule has 0 aromatic heterocycles. The highest BCUT2D eigenvalue weighted by molar-refractivity contribution is 5.67. The molecule has 0 radical (unpaired) electrons. The molecular formula is C11H22N2O3. The molecule has 1 amide bonds. The molecule has 16 heavy (non-hydrogen) atoms. The van der Waals surface area contributed by atoms with Crippen molar-refractivity contribution in [3.63, 3.8) is 0 Å². The molecule has 0 saturated carbocycles. The third kappa shape index (κ3) is 3.98. The van der Waals surface area contributed by atoms with Gasteiger partial charge in [-0.2, -0.15) is 0 Å². The third-order valence-corrected chi connectivity index (χ3v) is 2.87. The van der Waals surface area contributed by atoms with Crippen LogP contribution < -0.4 is 5.73 Å². The second-order valence-electron chi connectivity index (χ2n) is 4.33. The maximum Gasteiger partial charge on any atom is 0.409 e. The molecular weight excluding hydrogens is 208 g/mol. The lowest BCUT2D eigenvalue weighted by Crippen LogP contribution is -2.49. The summed E-state index contributed by atoms with van der Waals surface area (Å²) in [6.07, 6.45) is 2.34. The number of nitrogens with two attached hydrogens (primary N) is 1. The second-order valence-corrected chi connectivity index (χ2v) is 4.33. The van der Waals surface area contributed by atoms with Gasteiger partial charge in [-0.05, 0) is 32.1 Å². The molecule has 5 heteroatoms. The van der Waals surface area contributed by atoms with Crippen LogP contribution in [0.2, 0.25) is 0 Å². The average molecular weight is 230 g/mol. The lowest BCUT2D eigenvalue weighted by Gasteiger charge is -2.35. The molecule has 1 saturated heterocycles. The highest BCUT2D eigenvalue weighted by Gasteiger charge is 2.28. The number of carbonyl (C=O) groups excluding carboxylic acids is 1. The van der Waals surface area contributed by atoms with Crippen molar-refractivity contribution >= 4 is 6.09 Å². The lowest BCUT2D eigenvalue weighted by atomic mass is 9.91. The molecule has 94 valence electrons. The van der Waals surface area contributed by atoms with E-state index in [0.717, 1.165) is 19.3 Å². The number of rotatable bonds is 4. The van der Waals surface area contributed by atoms with Crippen molar-refractivity contribution in [3.8, 4) is 0 Å². The summed E-state index contributed by atoms with van der Waals surface area (Å²) in [6.45, 7) is 3.67. The molecule has 2 atom stereocenters. The van der Waals surface area contributed by atoms with Crippen LogP contribution in [0, 0.1) is 5.92 Å². The van der Waals surface area contributed by atoms with Gasteiger partial charge in [-0.25, -0.2) is 4.79 Å². The number of aliphatic hydroxyl groups excluding tert-OH is 1. The van der Waals surface area contributed by atoms with Crippen LogP contribution in [0.25, 0.3) is 0 Å². The molecule has 0 bridgehead atoms. The van der Waals surface area contributed by atoms with Crippen LogP contribution in [-0.2, 0) is 4.74 Å². The van der Waals surface area contributed by atoms with Crippen LogP contribution in [0.5, 0.6) is 0 Å². The Kier molecular flexibility index (Phi) is 5.55. The van der Waals surface area contributed by atoms with Crippen molar-refractivity contribution in [3.05, 3.63) is 0 Å². The predicted octanol–water partition coefficient (Wildman–Crippen LogP) is 0.565. The largest absolute Gasteiger partial charge is 0.450 e. The van der Waals surface area contributed by atoms with Crippen molar-refractivity contribution in [2.75, 3.05) is 26.3 Å². The van der Waals surface area contributed by atoms with E-state index in [1.54, 1.807) is 11.8 Å². The summed E-state index contributed by atoms with van der Waals surface area (Å²) in [6, 6.07) is 0.0295. The first-order valence-corrected chi connectivity index (χ1v) is 5.95. The zero-order chi connectivity index (χ0) is 12.0. The van der Waals surface area contributed by atoms with Crippen LogP contribution in [0.3, 0.4) is 0 Å². The monoisotopic (exact) mass is 230 g/mol. The van der Waals surface area contributed by atoms with E-state index in [0.29, 0.717) is 25.6 Å². The standard InChI is InChI=1S/C11H22N2O3/c1-2-16-11(15)13-7-9(4-3-5-14)6-10(12)8-13/h9-10,14H,2-8,12H2,1H3. The van der Waals surface area contributed by atoms with Gasteiger partial charge in [0.05, 0.1) is 6.61 Å². The minimum atomic E-state index is -0.272. The number of amides is 1. The van der Waals surface area contributed by atoms with Gasteiger partial charge in [0.2, 0.25) is 0 Å². The molecule has 2 unspecified atom stereocenters. The molecule has 1 heterocycles. The molecule has 1 rings (SSSR count). The number of hydrogen-bond acceptors (Lipinski definition) is 4. The van der Waals surface area contributed by atoms with Gasteiger partial charge in [0.15, 0.2) is 0 Å². The van der Waals surface area contributed by atoms with Crippen molar-refractivity contribution < 1.29 is 14.6 Å². The van der Waals surface area contributed by atoms with E-state index >= 15 is 0 Å². The van der Waals surface area contributed by atoms with Crippen LogP contribution in [-0.4, -0.2) is 48.4 Å². The maximum absolute atomic E-state index is 11.6. The Balaban J connectivity index is 2.43. The van der Waals surface area contributed by atoms with Gasteiger partial charge in [-0.1, -0.05) is 0 Å². The fourth-order valence-corrected chi connectivity index (χ4v) is 2.20. The summed E-state index contributed by atoms with van der Waals surface area (Å²) in [5.74, 6) is 0.389.